The average Bonchev–Trinajstić information content (AvgIpc) is 2.58. The number of aliphatic hydroxyl groups is 1. The topological polar surface area (TPSA) is 58.6 Å². The molecule has 0 unspecified atom stereocenters. The zero-order chi connectivity index (χ0) is 18.7. The predicted molar refractivity (Wildman–Crippen MR) is 93.0 cm³/mol. The van der Waals surface area contributed by atoms with Crippen LogP contribution in [0, 0.1) is 17.6 Å². The number of carbonyl (C=O) groups is 1. The first-order valence-electron chi connectivity index (χ1n) is 8.53. The zero-order valence-electron chi connectivity index (χ0n) is 14.4. The number of amides is 1. The highest BCUT2D eigenvalue weighted by Gasteiger charge is 2.35. The lowest BCUT2D eigenvalue weighted by Gasteiger charge is -2.38. The number of ether oxygens (including phenoxy) is 1. The van der Waals surface area contributed by atoms with E-state index in [1.807, 2.05) is 30.3 Å². The van der Waals surface area contributed by atoms with Gasteiger partial charge in [0.15, 0.2) is 0 Å². The van der Waals surface area contributed by atoms with Crippen LogP contribution in [-0.4, -0.2) is 30.3 Å². The fourth-order valence-corrected chi connectivity index (χ4v) is 3.29. The molecule has 0 heterocycles. The Kier molecular flexibility index (Phi) is 5.52. The van der Waals surface area contributed by atoms with Gasteiger partial charge in [-0.2, -0.15) is 0 Å². The SMILES string of the molecule is COc1cc(F)c(C(=O)N[C@@H](Cc2ccccc2)C2CC(O)C2)c(F)c1. The second kappa shape index (κ2) is 7.83. The minimum absolute atomic E-state index is 0.0134. The Bertz CT molecular complexity index is 753. The Balaban J connectivity index is 1.79. The number of carbonyl (C=O) groups excluding carboxylic acids is 1. The Morgan fingerprint density at radius 1 is 1.23 bits per heavy atom. The Hall–Kier alpha value is -2.47. The van der Waals surface area contributed by atoms with Gasteiger partial charge in [0.1, 0.15) is 22.9 Å². The monoisotopic (exact) mass is 361 g/mol. The van der Waals surface area contributed by atoms with E-state index in [0.717, 1.165) is 17.7 Å². The predicted octanol–water partition coefficient (Wildman–Crippen LogP) is 3.09. The third kappa shape index (κ3) is 4.02. The number of rotatable bonds is 6. The van der Waals surface area contributed by atoms with Crippen molar-refractivity contribution in [2.24, 2.45) is 5.92 Å². The molecule has 2 N–H and O–H groups in total. The van der Waals surface area contributed by atoms with Gasteiger partial charge >= 0.3 is 0 Å². The van der Waals surface area contributed by atoms with Gasteiger partial charge in [0, 0.05) is 18.2 Å². The van der Waals surface area contributed by atoms with Crippen LogP contribution in [0.15, 0.2) is 42.5 Å². The van der Waals surface area contributed by atoms with Crippen molar-refractivity contribution in [2.75, 3.05) is 7.11 Å². The molecule has 0 aromatic heterocycles. The minimum Gasteiger partial charge on any atom is -0.497 e. The number of aliphatic hydroxyl groups excluding tert-OH is 1. The number of hydrogen-bond acceptors (Lipinski definition) is 3. The van der Waals surface area contributed by atoms with Crippen molar-refractivity contribution in [1.82, 2.24) is 5.32 Å². The highest BCUT2D eigenvalue weighted by molar-refractivity contribution is 5.95. The second-order valence-electron chi connectivity index (χ2n) is 6.62. The van der Waals surface area contributed by atoms with Gasteiger partial charge < -0.3 is 15.2 Å². The molecule has 3 rings (SSSR count). The first kappa shape index (κ1) is 18.3. The van der Waals surface area contributed by atoms with Crippen molar-refractivity contribution in [1.29, 1.82) is 0 Å². The van der Waals surface area contributed by atoms with Gasteiger partial charge in [0.25, 0.3) is 5.91 Å². The lowest BCUT2D eigenvalue weighted by molar-refractivity contribution is 0.0238. The molecule has 0 aliphatic heterocycles. The summed E-state index contributed by atoms with van der Waals surface area (Å²) in [5, 5.41) is 12.3. The summed E-state index contributed by atoms with van der Waals surface area (Å²) in [5.74, 6) is -2.65. The molecular weight excluding hydrogens is 340 g/mol. The molecule has 26 heavy (non-hydrogen) atoms. The van der Waals surface area contributed by atoms with E-state index in [4.69, 9.17) is 4.74 Å². The summed E-state index contributed by atoms with van der Waals surface area (Å²) in [6, 6.07) is 11.2. The summed E-state index contributed by atoms with van der Waals surface area (Å²) < 4.78 is 33.1. The molecule has 1 aliphatic carbocycles. The molecule has 138 valence electrons. The first-order valence-corrected chi connectivity index (χ1v) is 8.53. The summed E-state index contributed by atoms with van der Waals surface area (Å²) in [6.45, 7) is 0. The van der Waals surface area contributed by atoms with Crippen molar-refractivity contribution >= 4 is 5.91 Å². The van der Waals surface area contributed by atoms with Crippen molar-refractivity contribution in [3.05, 3.63) is 65.2 Å². The molecule has 4 nitrogen and oxygen atoms in total. The van der Waals surface area contributed by atoms with E-state index in [1.165, 1.54) is 7.11 Å². The van der Waals surface area contributed by atoms with Crippen molar-refractivity contribution in [2.45, 2.75) is 31.4 Å². The van der Waals surface area contributed by atoms with E-state index in [2.05, 4.69) is 5.32 Å². The minimum atomic E-state index is -0.966. The highest BCUT2D eigenvalue weighted by atomic mass is 19.1. The van der Waals surface area contributed by atoms with Gasteiger partial charge in [-0.25, -0.2) is 8.78 Å². The largest absolute Gasteiger partial charge is 0.497 e. The van der Waals surface area contributed by atoms with E-state index < -0.39 is 23.1 Å². The molecule has 2 aromatic rings. The molecule has 1 amide bonds. The van der Waals surface area contributed by atoms with Gasteiger partial charge in [-0.3, -0.25) is 4.79 Å². The van der Waals surface area contributed by atoms with Crippen molar-refractivity contribution < 1.29 is 23.4 Å². The molecule has 0 spiro atoms. The third-order valence-corrected chi connectivity index (χ3v) is 4.81. The van der Waals surface area contributed by atoms with Crippen LogP contribution < -0.4 is 10.1 Å². The van der Waals surface area contributed by atoms with E-state index in [9.17, 15) is 18.7 Å². The second-order valence-corrected chi connectivity index (χ2v) is 6.62. The number of benzene rings is 2. The summed E-state index contributed by atoms with van der Waals surface area (Å²) in [5.41, 5.74) is 0.388. The fourth-order valence-electron chi connectivity index (χ4n) is 3.29. The summed E-state index contributed by atoms with van der Waals surface area (Å²) in [6.07, 6.45) is 1.27. The first-order chi connectivity index (χ1) is 12.5. The van der Waals surface area contributed by atoms with E-state index in [0.29, 0.717) is 19.3 Å². The maximum atomic E-state index is 14.2. The van der Waals surface area contributed by atoms with E-state index in [1.54, 1.807) is 0 Å². The van der Waals surface area contributed by atoms with Crippen LogP contribution >= 0.6 is 0 Å². The van der Waals surface area contributed by atoms with Crippen LogP contribution in [0.25, 0.3) is 0 Å². The molecule has 1 fully saturated rings. The maximum absolute atomic E-state index is 14.2. The van der Waals surface area contributed by atoms with Gasteiger partial charge in [0.05, 0.1) is 13.2 Å². The number of nitrogens with one attached hydrogen (secondary N) is 1. The molecule has 2 aromatic carbocycles. The number of halogens is 2. The summed E-state index contributed by atoms with van der Waals surface area (Å²) in [7, 11) is 1.30. The van der Waals surface area contributed by atoms with E-state index in [-0.39, 0.29) is 23.8 Å². The molecular formula is C20H21F2NO3. The lowest BCUT2D eigenvalue weighted by atomic mass is 9.75. The highest BCUT2D eigenvalue weighted by Crippen LogP contribution is 2.32. The molecule has 1 aliphatic rings. The van der Waals surface area contributed by atoms with Crippen molar-refractivity contribution in [3.63, 3.8) is 0 Å². The van der Waals surface area contributed by atoms with Crippen LogP contribution in [0.1, 0.15) is 28.8 Å². The van der Waals surface area contributed by atoms with Crippen LogP contribution in [0.5, 0.6) is 5.75 Å². The Morgan fingerprint density at radius 2 is 1.85 bits per heavy atom. The van der Waals surface area contributed by atoms with Crippen molar-refractivity contribution in [3.8, 4) is 5.75 Å². The number of methoxy groups -OCH3 is 1. The maximum Gasteiger partial charge on any atom is 0.257 e. The Morgan fingerprint density at radius 3 is 2.38 bits per heavy atom. The molecule has 1 saturated carbocycles. The zero-order valence-corrected chi connectivity index (χ0v) is 14.4. The normalized spacial score (nSPS) is 20.2. The van der Waals surface area contributed by atoms with E-state index >= 15 is 0 Å². The lowest BCUT2D eigenvalue weighted by Crippen LogP contribution is -2.48. The molecule has 0 radical (unpaired) electrons. The molecule has 0 bridgehead atoms. The van der Waals surface area contributed by atoms with Gasteiger partial charge in [-0.05, 0) is 30.7 Å². The van der Waals surface area contributed by atoms with Crippen LogP contribution in [0.3, 0.4) is 0 Å². The van der Waals surface area contributed by atoms with Crippen LogP contribution in [-0.2, 0) is 6.42 Å². The quantitative estimate of drug-likeness (QED) is 0.831. The van der Waals surface area contributed by atoms with Gasteiger partial charge in [-0.15, -0.1) is 0 Å². The van der Waals surface area contributed by atoms with Gasteiger partial charge in [0.2, 0.25) is 0 Å². The smallest absolute Gasteiger partial charge is 0.257 e. The molecule has 1 atom stereocenters. The fraction of sp³-hybridized carbons (Fsp3) is 0.350. The molecule has 6 heteroatoms. The Labute approximate surface area is 150 Å². The van der Waals surface area contributed by atoms with Gasteiger partial charge in [-0.1, -0.05) is 30.3 Å². The average molecular weight is 361 g/mol. The number of hydrogen-bond donors (Lipinski definition) is 2. The summed E-state index contributed by atoms with van der Waals surface area (Å²) in [4.78, 5) is 12.5. The van der Waals surface area contributed by atoms with Crippen LogP contribution in [0.2, 0.25) is 0 Å². The van der Waals surface area contributed by atoms with Crippen LogP contribution in [0.4, 0.5) is 8.78 Å². The summed E-state index contributed by atoms with van der Waals surface area (Å²) >= 11 is 0. The molecule has 0 saturated heterocycles. The standard InChI is InChI=1S/C20H21F2NO3/c1-26-15-10-16(21)19(17(22)11-15)20(25)23-18(13-8-14(24)9-13)7-12-5-3-2-4-6-12/h2-6,10-11,13-14,18,24H,7-9H2,1H3,(H,23,25)/t13?,14?,18-/m0/s1. The third-order valence-electron chi connectivity index (χ3n) is 4.81.